The van der Waals surface area contributed by atoms with E-state index in [4.69, 9.17) is 4.74 Å². The van der Waals surface area contributed by atoms with E-state index in [1.54, 1.807) is 45.9 Å². The zero-order chi connectivity index (χ0) is 19.0. The van der Waals surface area contributed by atoms with Crippen molar-refractivity contribution >= 4 is 35.4 Å². The summed E-state index contributed by atoms with van der Waals surface area (Å²) in [6.45, 7) is 8.47. The van der Waals surface area contributed by atoms with Crippen LogP contribution in [0.25, 0.3) is 6.08 Å². The van der Waals surface area contributed by atoms with E-state index >= 15 is 0 Å². The minimum Gasteiger partial charge on any atom is -0.458 e. The normalized spacial score (nSPS) is 19.0. The van der Waals surface area contributed by atoms with Crippen LogP contribution < -0.4 is 9.80 Å². The third-order valence-electron chi connectivity index (χ3n) is 4.14. The summed E-state index contributed by atoms with van der Waals surface area (Å²) >= 11 is 0. The zero-order valence-electron chi connectivity index (χ0n) is 15.0. The second-order valence-corrected chi connectivity index (χ2v) is 6.83. The molecule has 1 aliphatic heterocycles. The van der Waals surface area contributed by atoms with Crippen molar-refractivity contribution in [2.45, 2.75) is 40.2 Å². The highest BCUT2D eigenvalue weighted by molar-refractivity contribution is 6.09. The van der Waals surface area contributed by atoms with Gasteiger partial charge in [-0.2, -0.15) is 4.79 Å². The van der Waals surface area contributed by atoms with E-state index in [1.807, 2.05) is 0 Å². The van der Waals surface area contributed by atoms with Crippen LogP contribution in [0.4, 0.5) is 16.2 Å². The number of amides is 2. The zero-order valence-corrected chi connectivity index (χ0v) is 15.0. The molecule has 2 N–H and O–H groups in total. The fourth-order valence-electron chi connectivity index (χ4n) is 3.25. The number of carbonyl (C=O) groups is 3. The van der Waals surface area contributed by atoms with Crippen molar-refractivity contribution in [3.63, 3.8) is 0 Å². The molecule has 1 unspecified atom stereocenters. The average molecular weight is 347 g/mol. The summed E-state index contributed by atoms with van der Waals surface area (Å²) in [6.07, 6.45) is 0.357. The van der Waals surface area contributed by atoms with Gasteiger partial charge in [-0.25, -0.2) is 4.79 Å². The number of esters is 1. The molecule has 25 heavy (non-hydrogen) atoms. The molecule has 1 atom stereocenters. The van der Waals surface area contributed by atoms with E-state index < -0.39 is 22.1 Å². The molecule has 0 radical (unpaired) electrons. The number of fused-ring (bicyclic) bond motifs is 1. The summed E-state index contributed by atoms with van der Waals surface area (Å²) in [5, 5.41) is 12.8. The Bertz CT molecular complexity index is 776. The van der Waals surface area contributed by atoms with Crippen molar-refractivity contribution in [2.24, 2.45) is 0 Å². The summed E-state index contributed by atoms with van der Waals surface area (Å²) < 4.78 is 4.43. The van der Waals surface area contributed by atoms with Gasteiger partial charge in [-0.3, -0.25) is 4.79 Å². The Morgan fingerprint density at radius 2 is 1.88 bits per heavy atom. The smallest absolute Gasteiger partial charge is 0.458 e. The molecular formula is C18H23N2O5+. The summed E-state index contributed by atoms with van der Waals surface area (Å²) in [4.78, 5) is 36.1. The second kappa shape index (κ2) is 6.33. The standard InChI is InChI=1S/C18H22N2O5/c1-6-25-16(22)15-10-12-9-13(19-11(2)21)7-8-14(12)20(15,17(23)24)18(3,4)5/h7-10H,6H2,1-5H3,(H-,19,21,23,24)/p+1. The summed E-state index contributed by atoms with van der Waals surface area (Å²) in [5.41, 5.74) is 0.746. The molecule has 2 amide bonds. The van der Waals surface area contributed by atoms with Crippen molar-refractivity contribution in [2.75, 3.05) is 11.9 Å². The van der Waals surface area contributed by atoms with Crippen LogP contribution in [0, 0.1) is 0 Å². The molecule has 1 aliphatic rings. The monoisotopic (exact) mass is 347 g/mol. The van der Waals surface area contributed by atoms with Crippen molar-refractivity contribution in [1.29, 1.82) is 0 Å². The SMILES string of the molecule is CCOC(=O)C1=Cc2cc(NC(C)=O)ccc2[N+]1(C(=O)O)C(C)(C)C. The van der Waals surface area contributed by atoms with Gasteiger partial charge in [0.2, 0.25) is 11.6 Å². The maximum atomic E-state index is 12.5. The highest BCUT2D eigenvalue weighted by Crippen LogP contribution is 2.47. The largest absolute Gasteiger partial charge is 0.524 e. The van der Waals surface area contributed by atoms with Gasteiger partial charge < -0.3 is 15.2 Å². The van der Waals surface area contributed by atoms with Gasteiger partial charge in [0.25, 0.3) is 0 Å². The first-order valence-corrected chi connectivity index (χ1v) is 8.00. The van der Waals surface area contributed by atoms with Crippen LogP contribution in [0.1, 0.15) is 40.2 Å². The Labute approximate surface area is 146 Å². The maximum absolute atomic E-state index is 12.5. The quantitative estimate of drug-likeness (QED) is 0.646. The van der Waals surface area contributed by atoms with Crippen molar-refractivity contribution in [3.8, 4) is 0 Å². The van der Waals surface area contributed by atoms with Crippen LogP contribution in [0.2, 0.25) is 0 Å². The van der Waals surface area contributed by atoms with Gasteiger partial charge in [0.15, 0.2) is 5.69 Å². The number of anilines is 1. The van der Waals surface area contributed by atoms with Crippen molar-refractivity contribution < 1.29 is 24.2 Å². The lowest BCUT2D eigenvalue weighted by molar-refractivity contribution is -0.140. The highest BCUT2D eigenvalue weighted by atomic mass is 16.5. The molecule has 0 spiro atoms. The van der Waals surface area contributed by atoms with Gasteiger partial charge in [0.05, 0.1) is 6.61 Å². The maximum Gasteiger partial charge on any atom is 0.524 e. The molecule has 0 saturated carbocycles. The van der Waals surface area contributed by atoms with E-state index in [-0.39, 0.29) is 18.2 Å². The Hall–Kier alpha value is -2.67. The molecule has 1 aromatic rings. The lowest BCUT2D eigenvalue weighted by atomic mass is 9.99. The molecule has 2 rings (SSSR count). The molecule has 0 bridgehead atoms. The van der Waals surface area contributed by atoms with Crippen LogP contribution in [-0.2, 0) is 14.3 Å². The van der Waals surface area contributed by atoms with Gasteiger partial charge in [-0.1, -0.05) is 0 Å². The lowest BCUT2D eigenvalue weighted by Gasteiger charge is -2.40. The molecule has 134 valence electrons. The van der Waals surface area contributed by atoms with Crippen LogP contribution in [-0.4, -0.2) is 35.2 Å². The third-order valence-corrected chi connectivity index (χ3v) is 4.14. The number of quaternary nitrogens is 1. The van der Waals surface area contributed by atoms with Crippen LogP contribution in [0.5, 0.6) is 0 Å². The van der Waals surface area contributed by atoms with E-state index in [0.717, 1.165) is 0 Å². The van der Waals surface area contributed by atoms with Crippen LogP contribution >= 0.6 is 0 Å². The first kappa shape index (κ1) is 18.7. The topological polar surface area (TPSA) is 92.7 Å². The fourth-order valence-corrected chi connectivity index (χ4v) is 3.25. The molecule has 0 aliphatic carbocycles. The Morgan fingerprint density at radius 3 is 2.36 bits per heavy atom. The Morgan fingerprint density at radius 1 is 1.24 bits per heavy atom. The summed E-state index contributed by atoms with van der Waals surface area (Å²) in [5.74, 6) is -0.903. The van der Waals surface area contributed by atoms with Gasteiger partial charge in [-0.15, -0.1) is 4.48 Å². The fraction of sp³-hybridized carbons (Fsp3) is 0.389. The predicted octanol–water partition coefficient (Wildman–Crippen LogP) is 3.35. The molecule has 7 heteroatoms. The van der Waals surface area contributed by atoms with Crippen LogP contribution in [0.3, 0.4) is 0 Å². The Balaban J connectivity index is 2.73. The average Bonchev–Trinajstić information content (AvgIpc) is 2.81. The molecular weight excluding hydrogens is 324 g/mol. The van der Waals surface area contributed by atoms with Crippen LogP contribution in [0.15, 0.2) is 23.9 Å². The van der Waals surface area contributed by atoms with Crippen molar-refractivity contribution in [1.82, 2.24) is 4.48 Å². The molecule has 0 aromatic heterocycles. The minimum absolute atomic E-state index is 0.0387. The lowest BCUT2D eigenvalue weighted by Crippen LogP contribution is -2.64. The molecule has 1 heterocycles. The molecule has 7 nitrogen and oxygen atoms in total. The number of hydrogen-bond donors (Lipinski definition) is 2. The number of benzene rings is 1. The van der Waals surface area contributed by atoms with Gasteiger partial charge in [0.1, 0.15) is 5.54 Å². The number of hydrogen-bond acceptors (Lipinski definition) is 4. The minimum atomic E-state index is -1.17. The molecule has 1 aromatic carbocycles. The summed E-state index contributed by atoms with van der Waals surface area (Å²) in [7, 11) is 0. The summed E-state index contributed by atoms with van der Waals surface area (Å²) in [6, 6.07) is 4.91. The third kappa shape index (κ3) is 2.91. The van der Waals surface area contributed by atoms with E-state index in [2.05, 4.69) is 5.32 Å². The number of rotatable bonds is 3. The first-order chi connectivity index (χ1) is 11.6. The molecule has 0 fully saturated rings. The van der Waals surface area contributed by atoms with Gasteiger partial charge in [-0.05, 0) is 39.8 Å². The van der Waals surface area contributed by atoms with E-state index in [1.165, 1.54) is 13.0 Å². The Kier molecular flexibility index (Phi) is 4.72. The van der Waals surface area contributed by atoms with Crippen molar-refractivity contribution in [3.05, 3.63) is 29.5 Å². The van der Waals surface area contributed by atoms with E-state index in [9.17, 15) is 19.5 Å². The number of carbonyl (C=O) groups excluding carboxylic acids is 2. The van der Waals surface area contributed by atoms with Gasteiger partial charge in [0, 0.05) is 30.3 Å². The number of carboxylic acid groups (broad SMARTS) is 1. The highest BCUT2D eigenvalue weighted by Gasteiger charge is 2.60. The first-order valence-electron chi connectivity index (χ1n) is 8.00. The number of nitrogens with one attached hydrogen (secondary N) is 1. The number of nitrogens with zero attached hydrogens (tertiary/aromatic N) is 1. The second-order valence-electron chi connectivity index (χ2n) is 6.83. The molecule has 0 saturated heterocycles. The van der Waals surface area contributed by atoms with E-state index in [0.29, 0.717) is 16.9 Å². The van der Waals surface area contributed by atoms with Gasteiger partial charge >= 0.3 is 12.1 Å². The predicted molar refractivity (Wildman–Crippen MR) is 94.9 cm³/mol. The number of ether oxygens (including phenoxy) is 1.